The van der Waals surface area contributed by atoms with Crippen LogP contribution in [0.5, 0.6) is 0 Å². The Kier molecular flexibility index (Phi) is 5.67. The molecule has 1 rings (SSSR count). The molecule has 0 radical (unpaired) electrons. The molecule has 8 heteroatoms. The summed E-state index contributed by atoms with van der Waals surface area (Å²) < 4.78 is 0. The first-order valence-electron chi connectivity index (χ1n) is 6.44. The third-order valence-corrected chi connectivity index (χ3v) is 4.57. The average Bonchev–Trinajstić information content (AvgIpc) is 2.81. The third kappa shape index (κ3) is 3.56. The number of nitrogens with one attached hydrogen (secondary N) is 1. The number of carboxylic acids is 1. The van der Waals surface area contributed by atoms with Gasteiger partial charge in [-0.05, 0) is 13.3 Å². The minimum absolute atomic E-state index is 0.169. The van der Waals surface area contributed by atoms with E-state index >= 15 is 0 Å². The van der Waals surface area contributed by atoms with Crippen LogP contribution < -0.4 is 5.32 Å². The second-order valence-electron chi connectivity index (χ2n) is 4.86. The van der Waals surface area contributed by atoms with Crippen LogP contribution in [0.3, 0.4) is 0 Å². The summed E-state index contributed by atoms with van der Waals surface area (Å²) in [5, 5.41) is 11.6. The van der Waals surface area contributed by atoms with Crippen LogP contribution in [0.1, 0.15) is 20.3 Å². The number of carboxylic acid groups (broad SMARTS) is 1. The molecule has 0 spiro atoms. The Balaban J connectivity index is 2.77. The Morgan fingerprint density at radius 1 is 1.45 bits per heavy atom. The predicted octanol–water partition coefficient (Wildman–Crippen LogP) is 0.411. The maximum Gasteiger partial charge on any atom is 0.327 e. The molecule has 2 N–H and O–H groups in total. The third-order valence-electron chi connectivity index (χ3n) is 3.11. The van der Waals surface area contributed by atoms with Gasteiger partial charge in [-0.3, -0.25) is 9.69 Å². The number of thioether (sulfide) groups is 1. The van der Waals surface area contributed by atoms with Crippen LogP contribution in [0.4, 0.5) is 4.79 Å². The topological polar surface area (TPSA) is 90.0 Å². The average molecular weight is 303 g/mol. The van der Waals surface area contributed by atoms with Gasteiger partial charge in [-0.1, -0.05) is 6.92 Å². The van der Waals surface area contributed by atoms with Gasteiger partial charge in [0.25, 0.3) is 0 Å². The zero-order valence-electron chi connectivity index (χ0n) is 12.1. The highest BCUT2D eigenvalue weighted by Gasteiger charge is 2.41. The van der Waals surface area contributed by atoms with Crippen molar-refractivity contribution in [3.05, 3.63) is 0 Å². The highest BCUT2D eigenvalue weighted by Crippen LogP contribution is 2.31. The van der Waals surface area contributed by atoms with Gasteiger partial charge in [-0.15, -0.1) is 11.8 Å². The number of carbonyl (C=O) groups is 3. The number of hydrogen-bond donors (Lipinski definition) is 2. The number of amides is 3. The van der Waals surface area contributed by atoms with Gasteiger partial charge in [0.2, 0.25) is 5.91 Å². The zero-order chi connectivity index (χ0) is 15.4. The predicted molar refractivity (Wildman–Crippen MR) is 76.5 cm³/mol. The van der Waals surface area contributed by atoms with Crippen LogP contribution in [0.25, 0.3) is 0 Å². The molecule has 0 aromatic heterocycles. The van der Waals surface area contributed by atoms with Crippen molar-refractivity contribution >= 4 is 29.7 Å². The molecule has 1 heterocycles. The molecule has 3 unspecified atom stereocenters. The van der Waals surface area contributed by atoms with E-state index in [4.69, 9.17) is 5.11 Å². The molecule has 1 aliphatic rings. The molecule has 1 saturated heterocycles. The maximum absolute atomic E-state index is 12.2. The van der Waals surface area contributed by atoms with Gasteiger partial charge < -0.3 is 15.3 Å². The molecule has 0 saturated carbocycles. The molecule has 0 aliphatic carbocycles. The highest BCUT2D eigenvalue weighted by molar-refractivity contribution is 8.00. The molecular formula is C12H21N3O4S. The summed E-state index contributed by atoms with van der Waals surface area (Å²) in [6, 6.07) is -2.03. The Hall–Kier alpha value is -1.44. The molecule has 3 amide bonds. The van der Waals surface area contributed by atoms with Crippen LogP contribution in [-0.2, 0) is 9.59 Å². The van der Waals surface area contributed by atoms with Crippen molar-refractivity contribution in [3.63, 3.8) is 0 Å². The summed E-state index contributed by atoms with van der Waals surface area (Å²) in [5.74, 6) is -0.877. The van der Waals surface area contributed by atoms with Crippen molar-refractivity contribution in [2.45, 2.75) is 37.7 Å². The van der Waals surface area contributed by atoms with Crippen LogP contribution >= 0.6 is 11.8 Å². The van der Waals surface area contributed by atoms with E-state index < -0.39 is 24.1 Å². The number of likely N-dealkylation sites (N-methyl/N-ethyl adjacent to an activating group) is 1. The number of aliphatic carboxylic acids is 1. The first-order chi connectivity index (χ1) is 9.29. The number of hydrogen-bond acceptors (Lipinski definition) is 4. The fraction of sp³-hybridized carbons (Fsp3) is 0.750. The van der Waals surface area contributed by atoms with Gasteiger partial charge in [-0.2, -0.15) is 0 Å². The Morgan fingerprint density at radius 3 is 2.50 bits per heavy atom. The highest BCUT2D eigenvalue weighted by atomic mass is 32.2. The van der Waals surface area contributed by atoms with E-state index in [2.05, 4.69) is 5.32 Å². The van der Waals surface area contributed by atoms with Gasteiger partial charge >= 0.3 is 12.0 Å². The molecule has 20 heavy (non-hydrogen) atoms. The van der Waals surface area contributed by atoms with Gasteiger partial charge in [-0.25, -0.2) is 9.59 Å². The normalized spacial score (nSPS) is 23.3. The fourth-order valence-electron chi connectivity index (χ4n) is 2.05. The van der Waals surface area contributed by atoms with E-state index in [0.717, 1.165) is 0 Å². The molecule has 1 fully saturated rings. The van der Waals surface area contributed by atoms with Crippen molar-refractivity contribution in [3.8, 4) is 0 Å². The standard InChI is InChI=1S/C12H21N3O4S/c1-5-9-15(8(6-20-9)11(17)18)12(19)13-7(2)10(16)14(3)4/h7-9H,5-6H2,1-4H3,(H,13,19)(H,17,18). The first kappa shape index (κ1) is 16.6. The monoisotopic (exact) mass is 303 g/mol. The molecule has 0 bridgehead atoms. The first-order valence-corrected chi connectivity index (χ1v) is 7.48. The lowest BCUT2D eigenvalue weighted by molar-refractivity contribution is -0.141. The molecule has 0 aromatic rings. The summed E-state index contributed by atoms with van der Waals surface area (Å²) in [5.41, 5.74) is 0. The van der Waals surface area contributed by atoms with Gasteiger partial charge in [0, 0.05) is 19.8 Å². The number of urea groups is 1. The van der Waals surface area contributed by atoms with E-state index in [1.807, 2.05) is 6.92 Å². The van der Waals surface area contributed by atoms with Crippen LogP contribution in [-0.4, -0.2) is 70.1 Å². The van der Waals surface area contributed by atoms with E-state index in [9.17, 15) is 14.4 Å². The molecule has 7 nitrogen and oxygen atoms in total. The van der Waals surface area contributed by atoms with Gasteiger partial charge in [0.15, 0.2) is 0 Å². The minimum Gasteiger partial charge on any atom is -0.480 e. The lowest BCUT2D eigenvalue weighted by Gasteiger charge is -2.28. The van der Waals surface area contributed by atoms with Crippen molar-refractivity contribution < 1.29 is 19.5 Å². The van der Waals surface area contributed by atoms with Crippen LogP contribution in [0, 0.1) is 0 Å². The molecule has 1 aliphatic heterocycles. The Labute approximate surface area is 122 Å². The van der Waals surface area contributed by atoms with E-state index in [-0.39, 0.29) is 11.3 Å². The summed E-state index contributed by atoms with van der Waals surface area (Å²) in [6.07, 6.45) is 0.665. The summed E-state index contributed by atoms with van der Waals surface area (Å²) in [6.45, 7) is 3.48. The van der Waals surface area contributed by atoms with Gasteiger partial charge in [0.05, 0.1) is 5.37 Å². The fourth-order valence-corrected chi connectivity index (χ4v) is 3.40. The smallest absolute Gasteiger partial charge is 0.327 e. The summed E-state index contributed by atoms with van der Waals surface area (Å²) in [4.78, 5) is 37.9. The number of carbonyl (C=O) groups excluding carboxylic acids is 2. The lowest BCUT2D eigenvalue weighted by atomic mass is 10.2. The molecule has 0 aromatic carbocycles. The number of rotatable bonds is 4. The summed E-state index contributed by atoms with van der Waals surface area (Å²) >= 11 is 1.45. The van der Waals surface area contributed by atoms with E-state index in [0.29, 0.717) is 12.2 Å². The van der Waals surface area contributed by atoms with Gasteiger partial charge in [0.1, 0.15) is 12.1 Å². The largest absolute Gasteiger partial charge is 0.480 e. The van der Waals surface area contributed by atoms with Crippen molar-refractivity contribution in [1.29, 1.82) is 0 Å². The SMILES string of the molecule is CCC1SCC(C(=O)O)N1C(=O)NC(C)C(=O)N(C)C. The van der Waals surface area contributed by atoms with E-state index in [1.54, 1.807) is 21.0 Å². The van der Waals surface area contributed by atoms with Crippen molar-refractivity contribution in [1.82, 2.24) is 15.1 Å². The van der Waals surface area contributed by atoms with Crippen LogP contribution in [0.2, 0.25) is 0 Å². The lowest BCUT2D eigenvalue weighted by Crippen LogP contribution is -2.54. The quantitative estimate of drug-likeness (QED) is 0.785. The van der Waals surface area contributed by atoms with Crippen molar-refractivity contribution in [2.24, 2.45) is 0 Å². The summed E-state index contributed by atoms with van der Waals surface area (Å²) in [7, 11) is 3.21. The maximum atomic E-state index is 12.2. The second kappa shape index (κ2) is 6.83. The Morgan fingerprint density at radius 2 is 2.05 bits per heavy atom. The number of nitrogens with zero attached hydrogens (tertiary/aromatic N) is 2. The second-order valence-corrected chi connectivity index (χ2v) is 6.07. The zero-order valence-corrected chi connectivity index (χ0v) is 12.9. The van der Waals surface area contributed by atoms with E-state index in [1.165, 1.54) is 21.6 Å². The Bertz CT molecular complexity index is 402. The molecule has 114 valence electrons. The van der Waals surface area contributed by atoms with Crippen molar-refractivity contribution in [2.75, 3.05) is 19.8 Å². The van der Waals surface area contributed by atoms with Crippen LogP contribution in [0.15, 0.2) is 0 Å². The molecule has 3 atom stereocenters. The minimum atomic E-state index is -1.02. The molecular weight excluding hydrogens is 282 g/mol.